The van der Waals surface area contributed by atoms with Crippen molar-refractivity contribution in [2.24, 2.45) is 11.8 Å². The molecule has 2 aliphatic rings. The molecule has 1 aromatic heterocycles. The van der Waals surface area contributed by atoms with Gasteiger partial charge in [0.25, 0.3) is 0 Å². The van der Waals surface area contributed by atoms with Gasteiger partial charge in [0.15, 0.2) is 0 Å². The highest BCUT2D eigenvalue weighted by molar-refractivity contribution is 6.05. The SMILES string of the molecule is C[C@H](NC(=O)NCc1ccco1)N1C(=O)[C@H]2CCCC[C@H]2C1=O. The number of carbonyl (C=O) groups excluding carboxylic acids is 3. The fourth-order valence-corrected chi connectivity index (χ4v) is 3.46. The number of fused-ring (bicyclic) bond motifs is 1. The van der Waals surface area contributed by atoms with Crippen LogP contribution in [0.3, 0.4) is 0 Å². The van der Waals surface area contributed by atoms with Gasteiger partial charge in [-0.3, -0.25) is 14.5 Å². The molecular formula is C16H21N3O4. The number of carbonyl (C=O) groups is 3. The minimum atomic E-state index is -0.655. The maximum Gasteiger partial charge on any atom is 0.316 e. The van der Waals surface area contributed by atoms with Crippen LogP contribution in [0.1, 0.15) is 38.4 Å². The van der Waals surface area contributed by atoms with Crippen LogP contribution >= 0.6 is 0 Å². The Morgan fingerprint density at radius 1 is 1.30 bits per heavy atom. The molecule has 4 amide bonds. The van der Waals surface area contributed by atoms with Gasteiger partial charge in [0.05, 0.1) is 24.6 Å². The number of likely N-dealkylation sites (tertiary alicyclic amines) is 1. The third kappa shape index (κ3) is 3.09. The first-order valence-corrected chi connectivity index (χ1v) is 8.01. The predicted molar refractivity (Wildman–Crippen MR) is 80.8 cm³/mol. The van der Waals surface area contributed by atoms with Gasteiger partial charge >= 0.3 is 6.03 Å². The summed E-state index contributed by atoms with van der Waals surface area (Å²) in [5.74, 6) is -0.0809. The monoisotopic (exact) mass is 319 g/mol. The fourth-order valence-electron chi connectivity index (χ4n) is 3.46. The molecule has 23 heavy (non-hydrogen) atoms. The molecule has 1 saturated carbocycles. The molecule has 0 bridgehead atoms. The van der Waals surface area contributed by atoms with E-state index in [0.717, 1.165) is 25.7 Å². The summed E-state index contributed by atoms with van der Waals surface area (Å²) in [6.45, 7) is 1.90. The average Bonchev–Trinajstić information content (AvgIpc) is 3.13. The van der Waals surface area contributed by atoms with Crippen LogP contribution in [0.15, 0.2) is 22.8 Å². The predicted octanol–water partition coefficient (Wildman–Crippen LogP) is 1.60. The lowest BCUT2D eigenvalue weighted by atomic mass is 9.81. The van der Waals surface area contributed by atoms with E-state index >= 15 is 0 Å². The normalized spacial score (nSPS) is 25.2. The van der Waals surface area contributed by atoms with E-state index in [2.05, 4.69) is 10.6 Å². The maximum atomic E-state index is 12.4. The standard InChI is InChI=1S/C16H21N3O4/c1-10(18-16(22)17-9-11-5-4-8-23-11)19-14(20)12-6-2-3-7-13(12)15(19)21/h4-5,8,10,12-13H,2-3,6-7,9H2,1H3,(H2,17,18,22)/t10-,12-,13+/m1/s1. The van der Waals surface area contributed by atoms with Gasteiger partial charge in [-0.15, -0.1) is 0 Å². The van der Waals surface area contributed by atoms with Crippen LogP contribution in [0.4, 0.5) is 4.79 Å². The topological polar surface area (TPSA) is 91.7 Å². The summed E-state index contributed by atoms with van der Waals surface area (Å²) in [5, 5.41) is 5.29. The van der Waals surface area contributed by atoms with Crippen molar-refractivity contribution in [3.05, 3.63) is 24.2 Å². The van der Waals surface area contributed by atoms with E-state index in [9.17, 15) is 14.4 Å². The van der Waals surface area contributed by atoms with Crippen molar-refractivity contribution in [1.29, 1.82) is 0 Å². The van der Waals surface area contributed by atoms with E-state index in [0.29, 0.717) is 5.76 Å². The molecule has 2 heterocycles. The summed E-state index contributed by atoms with van der Waals surface area (Å²) in [5.41, 5.74) is 0. The highest BCUT2D eigenvalue weighted by Crippen LogP contribution is 2.38. The van der Waals surface area contributed by atoms with Crippen LogP contribution < -0.4 is 10.6 Å². The smallest absolute Gasteiger partial charge is 0.316 e. The molecule has 2 fully saturated rings. The Balaban J connectivity index is 1.57. The number of hydrogen-bond donors (Lipinski definition) is 2. The molecule has 3 rings (SSSR count). The second-order valence-electron chi connectivity index (χ2n) is 6.13. The van der Waals surface area contributed by atoms with E-state index in [1.54, 1.807) is 19.1 Å². The largest absolute Gasteiger partial charge is 0.467 e. The zero-order chi connectivity index (χ0) is 16.4. The minimum Gasteiger partial charge on any atom is -0.467 e. The quantitative estimate of drug-likeness (QED) is 0.825. The van der Waals surface area contributed by atoms with Gasteiger partial charge in [-0.25, -0.2) is 4.79 Å². The second kappa shape index (κ2) is 6.44. The maximum absolute atomic E-state index is 12.4. The zero-order valence-corrected chi connectivity index (χ0v) is 13.1. The number of amides is 4. The number of nitrogens with one attached hydrogen (secondary N) is 2. The molecule has 1 aliphatic heterocycles. The molecule has 1 aliphatic carbocycles. The van der Waals surface area contributed by atoms with Gasteiger partial charge in [0.2, 0.25) is 11.8 Å². The third-order valence-corrected chi connectivity index (χ3v) is 4.61. The summed E-state index contributed by atoms with van der Waals surface area (Å²) in [6.07, 6.45) is 4.38. The summed E-state index contributed by atoms with van der Waals surface area (Å²) < 4.78 is 5.13. The van der Waals surface area contributed by atoms with Crippen LogP contribution in [0.5, 0.6) is 0 Å². The zero-order valence-electron chi connectivity index (χ0n) is 13.1. The van der Waals surface area contributed by atoms with Crippen LogP contribution in [0, 0.1) is 11.8 Å². The Hall–Kier alpha value is -2.31. The Labute approximate surface area is 134 Å². The Bertz CT molecular complexity index is 574. The summed E-state index contributed by atoms with van der Waals surface area (Å²) in [4.78, 5) is 38.0. The highest BCUT2D eigenvalue weighted by Gasteiger charge is 2.49. The van der Waals surface area contributed by atoms with Crippen molar-refractivity contribution in [2.45, 2.75) is 45.3 Å². The van der Waals surface area contributed by atoms with Gasteiger partial charge in [-0.1, -0.05) is 12.8 Å². The van der Waals surface area contributed by atoms with Gasteiger partial charge in [0, 0.05) is 0 Å². The summed E-state index contributed by atoms with van der Waals surface area (Å²) in [6, 6.07) is 3.05. The summed E-state index contributed by atoms with van der Waals surface area (Å²) >= 11 is 0. The van der Waals surface area contributed by atoms with E-state index in [-0.39, 0.29) is 30.2 Å². The molecule has 7 nitrogen and oxygen atoms in total. The third-order valence-electron chi connectivity index (χ3n) is 4.61. The molecule has 3 atom stereocenters. The second-order valence-corrected chi connectivity index (χ2v) is 6.13. The van der Waals surface area contributed by atoms with Gasteiger partial charge in [-0.05, 0) is 31.9 Å². The van der Waals surface area contributed by atoms with Crippen LogP contribution in [-0.4, -0.2) is 28.9 Å². The van der Waals surface area contributed by atoms with E-state index in [1.807, 2.05) is 0 Å². The number of rotatable bonds is 4. The van der Waals surface area contributed by atoms with Gasteiger partial charge in [0.1, 0.15) is 11.9 Å². The van der Waals surface area contributed by atoms with E-state index in [4.69, 9.17) is 4.42 Å². The molecule has 124 valence electrons. The van der Waals surface area contributed by atoms with Crippen molar-refractivity contribution in [3.8, 4) is 0 Å². The summed E-state index contributed by atoms with van der Waals surface area (Å²) in [7, 11) is 0. The number of urea groups is 1. The number of furan rings is 1. The number of hydrogen-bond acceptors (Lipinski definition) is 4. The fraction of sp³-hybridized carbons (Fsp3) is 0.562. The first-order chi connectivity index (χ1) is 11.1. The molecular weight excluding hydrogens is 298 g/mol. The van der Waals surface area contributed by atoms with Gasteiger partial charge in [-0.2, -0.15) is 0 Å². The minimum absolute atomic E-state index is 0.154. The van der Waals surface area contributed by atoms with Crippen molar-refractivity contribution in [1.82, 2.24) is 15.5 Å². The van der Waals surface area contributed by atoms with Crippen molar-refractivity contribution in [3.63, 3.8) is 0 Å². The molecule has 1 aromatic rings. The molecule has 0 radical (unpaired) electrons. The van der Waals surface area contributed by atoms with Crippen LogP contribution in [0.25, 0.3) is 0 Å². The number of imide groups is 1. The first kappa shape index (κ1) is 15.6. The van der Waals surface area contributed by atoms with Gasteiger partial charge < -0.3 is 15.1 Å². The first-order valence-electron chi connectivity index (χ1n) is 8.01. The lowest BCUT2D eigenvalue weighted by molar-refractivity contribution is -0.142. The van der Waals surface area contributed by atoms with E-state index < -0.39 is 12.2 Å². The van der Waals surface area contributed by atoms with Crippen LogP contribution in [0.2, 0.25) is 0 Å². The lowest BCUT2D eigenvalue weighted by Gasteiger charge is -2.24. The Morgan fingerprint density at radius 2 is 1.96 bits per heavy atom. The average molecular weight is 319 g/mol. The lowest BCUT2D eigenvalue weighted by Crippen LogP contribution is -2.52. The van der Waals surface area contributed by atoms with E-state index in [1.165, 1.54) is 11.2 Å². The molecule has 2 N–H and O–H groups in total. The van der Waals surface area contributed by atoms with Crippen molar-refractivity contribution < 1.29 is 18.8 Å². The van der Waals surface area contributed by atoms with Crippen molar-refractivity contribution >= 4 is 17.8 Å². The molecule has 1 saturated heterocycles. The molecule has 0 spiro atoms. The highest BCUT2D eigenvalue weighted by atomic mass is 16.3. The Morgan fingerprint density at radius 3 is 2.52 bits per heavy atom. The van der Waals surface area contributed by atoms with Crippen LogP contribution in [-0.2, 0) is 16.1 Å². The van der Waals surface area contributed by atoms with Crippen molar-refractivity contribution in [2.75, 3.05) is 0 Å². The molecule has 0 unspecified atom stereocenters. The number of nitrogens with zero attached hydrogens (tertiary/aromatic N) is 1. The Kier molecular flexibility index (Phi) is 4.36. The molecule has 0 aromatic carbocycles. The molecule has 7 heteroatoms.